The number of esters is 2. The lowest BCUT2D eigenvalue weighted by molar-refractivity contribution is -0.161. The van der Waals surface area contributed by atoms with E-state index in [4.69, 9.17) is 9.47 Å². The van der Waals surface area contributed by atoms with Crippen LogP contribution in [0.25, 0.3) is 0 Å². The molecule has 0 fully saturated rings. The van der Waals surface area contributed by atoms with Crippen molar-refractivity contribution < 1.29 is 19.1 Å². The Hall–Kier alpha value is -1.32. The fraction of sp³-hybridized carbons (Fsp3) is 0.889. The highest BCUT2D eigenvalue weighted by molar-refractivity contribution is 5.82. The summed E-state index contributed by atoms with van der Waals surface area (Å²) in [6, 6.07) is 0. The molecule has 2 atom stereocenters. The van der Waals surface area contributed by atoms with Crippen LogP contribution in [0.5, 0.6) is 0 Å². The van der Waals surface area contributed by atoms with Gasteiger partial charge in [0, 0.05) is 0 Å². The Morgan fingerprint density at radius 2 is 0.700 bits per heavy atom. The molecule has 0 spiro atoms. The first-order valence-corrected chi connectivity index (χ1v) is 17.7. The summed E-state index contributed by atoms with van der Waals surface area (Å²) in [5.41, 5.74) is 0. The third-order valence-corrected chi connectivity index (χ3v) is 8.52. The summed E-state index contributed by atoms with van der Waals surface area (Å²) in [7, 11) is 0. The van der Waals surface area contributed by atoms with Gasteiger partial charge in [0.1, 0.15) is 0 Å². The number of rotatable bonds is 28. The first-order valence-electron chi connectivity index (χ1n) is 17.7. The van der Waals surface area contributed by atoms with Gasteiger partial charge in [0.2, 0.25) is 0 Å². The molecule has 1 rings (SSSR count). The number of unbranched alkanes of at least 4 members (excludes halogenated alkanes) is 22. The summed E-state index contributed by atoms with van der Waals surface area (Å²) in [5.74, 6) is -1.23. The summed E-state index contributed by atoms with van der Waals surface area (Å²) in [6.45, 7) is 5.47. The first-order chi connectivity index (χ1) is 19.7. The van der Waals surface area contributed by atoms with Gasteiger partial charge in [-0.15, -0.1) is 0 Å². The van der Waals surface area contributed by atoms with Gasteiger partial charge in [-0.3, -0.25) is 9.59 Å². The predicted octanol–water partition coefficient (Wildman–Crippen LogP) is 11.1. The normalized spacial score (nSPS) is 16.8. The molecule has 0 aromatic heterocycles. The second-order valence-corrected chi connectivity index (χ2v) is 12.3. The standard InChI is InChI=1S/C36H66O4/c1-3-5-7-9-11-13-15-17-19-21-23-27-31-39-35(37)33-29-25-26-30-34(33)36(38)40-32-28-24-22-20-18-16-14-12-10-8-6-4-2/h25-26,33-34H,3-24,27-32H2,1-2H3. The molecule has 1 aliphatic carbocycles. The maximum absolute atomic E-state index is 12.7. The van der Waals surface area contributed by atoms with Gasteiger partial charge in [0.15, 0.2) is 0 Å². The molecule has 0 bridgehead atoms. The molecule has 0 aromatic rings. The van der Waals surface area contributed by atoms with Crippen molar-refractivity contribution in [2.24, 2.45) is 11.8 Å². The molecule has 1 aliphatic rings. The monoisotopic (exact) mass is 562 g/mol. The minimum atomic E-state index is -0.392. The van der Waals surface area contributed by atoms with Crippen LogP contribution in [-0.2, 0) is 19.1 Å². The predicted molar refractivity (Wildman–Crippen MR) is 169 cm³/mol. The van der Waals surface area contributed by atoms with E-state index in [0.29, 0.717) is 26.1 Å². The maximum Gasteiger partial charge on any atom is 0.310 e. The van der Waals surface area contributed by atoms with E-state index in [-0.39, 0.29) is 11.9 Å². The van der Waals surface area contributed by atoms with Gasteiger partial charge in [-0.2, -0.15) is 0 Å². The topological polar surface area (TPSA) is 52.6 Å². The Bertz CT molecular complexity index is 562. The third-order valence-electron chi connectivity index (χ3n) is 8.52. The van der Waals surface area contributed by atoms with Crippen LogP contribution in [0.4, 0.5) is 0 Å². The summed E-state index contributed by atoms with van der Waals surface area (Å²) in [6.07, 6.45) is 36.1. The van der Waals surface area contributed by atoms with Crippen molar-refractivity contribution in [2.45, 2.75) is 181 Å². The van der Waals surface area contributed by atoms with Crippen LogP contribution in [0.15, 0.2) is 12.2 Å². The van der Waals surface area contributed by atoms with Gasteiger partial charge < -0.3 is 9.47 Å². The molecule has 4 nitrogen and oxygen atoms in total. The number of carbonyl (C=O) groups is 2. The summed E-state index contributed by atoms with van der Waals surface area (Å²) in [5, 5.41) is 0. The Kier molecular flexibility index (Phi) is 25.5. The second-order valence-electron chi connectivity index (χ2n) is 12.3. The Balaban J connectivity index is 2.03. The summed E-state index contributed by atoms with van der Waals surface area (Å²) in [4.78, 5) is 25.5. The Labute approximate surface area is 248 Å². The fourth-order valence-electron chi connectivity index (χ4n) is 5.78. The van der Waals surface area contributed by atoms with Crippen LogP contribution in [0.3, 0.4) is 0 Å². The number of hydrogen-bond acceptors (Lipinski definition) is 4. The first kappa shape index (κ1) is 36.7. The van der Waals surface area contributed by atoms with Gasteiger partial charge in [0.25, 0.3) is 0 Å². The Morgan fingerprint density at radius 3 is 0.975 bits per heavy atom. The number of hydrogen-bond donors (Lipinski definition) is 0. The highest BCUT2D eigenvalue weighted by Crippen LogP contribution is 2.28. The van der Waals surface area contributed by atoms with Crippen LogP contribution in [0.2, 0.25) is 0 Å². The molecule has 0 aromatic carbocycles. The fourth-order valence-corrected chi connectivity index (χ4v) is 5.78. The van der Waals surface area contributed by atoms with Crippen LogP contribution in [-0.4, -0.2) is 25.2 Å². The van der Waals surface area contributed by atoms with E-state index in [1.165, 1.54) is 128 Å². The minimum absolute atomic E-state index is 0.222. The zero-order valence-corrected chi connectivity index (χ0v) is 26.7. The van der Waals surface area contributed by atoms with Crippen molar-refractivity contribution in [1.82, 2.24) is 0 Å². The summed E-state index contributed by atoms with van der Waals surface area (Å²) < 4.78 is 11.2. The minimum Gasteiger partial charge on any atom is -0.465 e. The van der Waals surface area contributed by atoms with Crippen molar-refractivity contribution in [1.29, 1.82) is 0 Å². The van der Waals surface area contributed by atoms with Gasteiger partial charge in [0.05, 0.1) is 25.0 Å². The molecule has 40 heavy (non-hydrogen) atoms. The molecule has 0 radical (unpaired) electrons. The zero-order valence-electron chi connectivity index (χ0n) is 26.7. The zero-order chi connectivity index (χ0) is 28.9. The highest BCUT2D eigenvalue weighted by Gasteiger charge is 2.36. The second kappa shape index (κ2) is 27.8. The van der Waals surface area contributed by atoms with Crippen LogP contribution < -0.4 is 0 Å². The molecule has 0 saturated carbocycles. The molecule has 234 valence electrons. The molecular weight excluding hydrogens is 496 g/mol. The van der Waals surface area contributed by atoms with Crippen molar-refractivity contribution in [3.05, 3.63) is 12.2 Å². The molecule has 2 unspecified atom stereocenters. The quantitative estimate of drug-likeness (QED) is 0.0540. The molecular formula is C36H66O4. The van der Waals surface area contributed by atoms with E-state index in [9.17, 15) is 9.59 Å². The molecule has 0 heterocycles. The van der Waals surface area contributed by atoms with Crippen LogP contribution >= 0.6 is 0 Å². The van der Waals surface area contributed by atoms with Crippen molar-refractivity contribution in [2.75, 3.05) is 13.2 Å². The van der Waals surface area contributed by atoms with E-state index >= 15 is 0 Å². The maximum atomic E-state index is 12.7. The highest BCUT2D eigenvalue weighted by atomic mass is 16.5. The van der Waals surface area contributed by atoms with Crippen molar-refractivity contribution >= 4 is 11.9 Å². The van der Waals surface area contributed by atoms with E-state index in [0.717, 1.165) is 25.7 Å². The van der Waals surface area contributed by atoms with E-state index in [2.05, 4.69) is 13.8 Å². The summed E-state index contributed by atoms with van der Waals surface area (Å²) >= 11 is 0. The SMILES string of the molecule is CCCCCCCCCCCCCCOC(=O)C1CC=CCC1C(=O)OCCCCCCCCCCCCCC. The van der Waals surface area contributed by atoms with E-state index in [1.54, 1.807) is 0 Å². The number of ether oxygens (including phenoxy) is 2. The lowest BCUT2D eigenvalue weighted by Gasteiger charge is -2.25. The Morgan fingerprint density at radius 1 is 0.450 bits per heavy atom. The average molecular weight is 563 g/mol. The third kappa shape index (κ3) is 20.5. The number of allylic oxidation sites excluding steroid dienone is 2. The van der Waals surface area contributed by atoms with Crippen molar-refractivity contribution in [3.8, 4) is 0 Å². The average Bonchev–Trinajstić information content (AvgIpc) is 2.97. The van der Waals surface area contributed by atoms with Gasteiger partial charge in [-0.25, -0.2) is 0 Å². The van der Waals surface area contributed by atoms with Gasteiger partial charge in [-0.1, -0.05) is 167 Å². The lowest BCUT2D eigenvalue weighted by atomic mass is 9.83. The molecule has 0 N–H and O–H groups in total. The number of carbonyl (C=O) groups excluding carboxylic acids is 2. The van der Waals surface area contributed by atoms with Crippen molar-refractivity contribution in [3.63, 3.8) is 0 Å². The van der Waals surface area contributed by atoms with Crippen LogP contribution in [0.1, 0.15) is 181 Å². The van der Waals surface area contributed by atoms with E-state index < -0.39 is 11.8 Å². The largest absolute Gasteiger partial charge is 0.465 e. The lowest BCUT2D eigenvalue weighted by Crippen LogP contribution is -2.34. The molecule has 0 saturated heterocycles. The molecule has 0 aliphatic heterocycles. The molecule has 4 heteroatoms. The van der Waals surface area contributed by atoms with Gasteiger partial charge in [-0.05, 0) is 25.7 Å². The smallest absolute Gasteiger partial charge is 0.310 e. The molecule has 0 amide bonds. The van der Waals surface area contributed by atoms with Crippen LogP contribution in [0, 0.1) is 11.8 Å². The van der Waals surface area contributed by atoms with Gasteiger partial charge >= 0.3 is 11.9 Å². The van der Waals surface area contributed by atoms with E-state index in [1.807, 2.05) is 12.2 Å².